The maximum absolute atomic E-state index is 13.9. The largest absolute Gasteiger partial charge is 0.371 e. The van der Waals surface area contributed by atoms with E-state index in [0.29, 0.717) is 11.6 Å². The molecule has 0 spiro atoms. The summed E-state index contributed by atoms with van der Waals surface area (Å²) >= 11 is 5.77. The molecular weight excluding hydrogens is 281 g/mol. The Balaban J connectivity index is 2.07. The zero-order valence-corrected chi connectivity index (χ0v) is 11.5. The predicted octanol–water partition coefficient (Wildman–Crippen LogP) is 2.85. The summed E-state index contributed by atoms with van der Waals surface area (Å²) in [5.41, 5.74) is 0.837. The zero-order valence-electron chi connectivity index (χ0n) is 10.8. The highest BCUT2D eigenvalue weighted by Gasteiger charge is 2.14. The number of hydrogen-bond donors (Lipinski definition) is 2. The molecule has 2 N–H and O–H groups in total. The molecule has 2 rings (SSSR count). The summed E-state index contributed by atoms with van der Waals surface area (Å²) in [5, 5.41) is 5.86. The van der Waals surface area contributed by atoms with Gasteiger partial charge in [-0.1, -0.05) is 23.7 Å². The third kappa shape index (κ3) is 3.24. The van der Waals surface area contributed by atoms with Gasteiger partial charge in [-0.15, -0.1) is 0 Å². The van der Waals surface area contributed by atoms with Gasteiger partial charge in [0.2, 0.25) is 0 Å². The van der Waals surface area contributed by atoms with Crippen molar-refractivity contribution in [3.63, 3.8) is 0 Å². The van der Waals surface area contributed by atoms with Gasteiger partial charge in [0.1, 0.15) is 0 Å². The maximum atomic E-state index is 13.9. The summed E-state index contributed by atoms with van der Waals surface area (Å²) in [7, 11) is 1.54. The van der Waals surface area contributed by atoms with Gasteiger partial charge in [-0.2, -0.15) is 0 Å². The number of nitrogens with zero attached hydrogens (tertiary/aromatic N) is 1. The van der Waals surface area contributed by atoms with E-state index < -0.39 is 11.7 Å². The van der Waals surface area contributed by atoms with Gasteiger partial charge >= 0.3 is 0 Å². The number of carbonyl (C=O) groups is 1. The minimum Gasteiger partial charge on any atom is -0.371 e. The summed E-state index contributed by atoms with van der Waals surface area (Å²) < 4.78 is 13.9. The first-order valence-corrected chi connectivity index (χ1v) is 6.34. The molecule has 1 heterocycles. The van der Waals surface area contributed by atoms with Gasteiger partial charge in [0.05, 0.1) is 5.56 Å². The molecule has 20 heavy (non-hydrogen) atoms. The van der Waals surface area contributed by atoms with E-state index in [1.807, 2.05) is 0 Å². The lowest BCUT2D eigenvalue weighted by Gasteiger charge is -2.08. The van der Waals surface area contributed by atoms with E-state index in [1.54, 1.807) is 31.3 Å². The summed E-state index contributed by atoms with van der Waals surface area (Å²) in [6.45, 7) is 0.298. The van der Waals surface area contributed by atoms with Crippen molar-refractivity contribution in [3.8, 4) is 0 Å². The molecule has 0 saturated heterocycles. The second-order valence-corrected chi connectivity index (χ2v) is 4.52. The summed E-state index contributed by atoms with van der Waals surface area (Å²) in [5.74, 6) is -1.11. The van der Waals surface area contributed by atoms with Crippen LogP contribution in [-0.2, 0) is 6.54 Å². The minimum atomic E-state index is -0.663. The Morgan fingerprint density at radius 3 is 2.65 bits per heavy atom. The fourth-order valence-electron chi connectivity index (χ4n) is 1.67. The van der Waals surface area contributed by atoms with Crippen LogP contribution in [0.25, 0.3) is 0 Å². The van der Waals surface area contributed by atoms with Crippen molar-refractivity contribution in [1.82, 2.24) is 10.3 Å². The van der Waals surface area contributed by atoms with Crippen molar-refractivity contribution in [2.24, 2.45) is 0 Å². The highest BCUT2D eigenvalue weighted by Crippen LogP contribution is 2.14. The molecule has 0 aliphatic rings. The molecule has 0 radical (unpaired) electrons. The smallest absolute Gasteiger partial charge is 0.254 e. The molecule has 0 aliphatic carbocycles. The Hall–Kier alpha value is -2.14. The number of halogens is 2. The normalized spacial score (nSPS) is 10.2. The first-order chi connectivity index (χ1) is 9.61. The maximum Gasteiger partial charge on any atom is 0.254 e. The van der Waals surface area contributed by atoms with Crippen LogP contribution < -0.4 is 10.6 Å². The number of hydrogen-bond acceptors (Lipinski definition) is 3. The Labute approximate surface area is 121 Å². The molecule has 0 aliphatic heterocycles. The SMILES string of the molecule is CNc1nccc(C(=O)NCc2ccc(Cl)cc2)c1F. The molecule has 1 aromatic heterocycles. The van der Waals surface area contributed by atoms with Crippen LogP contribution >= 0.6 is 11.6 Å². The van der Waals surface area contributed by atoms with Gasteiger partial charge in [0, 0.05) is 24.8 Å². The van der Waals surface area contributed by atoms with Crippen LogP contribution in [0.5, 0.6) is 0 Å². The predicted molar refractivity (Wildman–Crippen MR) is 76.4 cm³/mol. The topological polar surface area (TPSA) is 54.0 Å². The van der Waals surface area contributed by atoms with E-state index in [9.17, 15) is 9.18 Å². The van der Waals surface area contributed by atoms with Crippen molar-refractivity contribution >= 4 is 23.3 Å². The van der Waals surface area contributed by atoms with Crippen molar-refractivity contribution in [2.75, 3.05) is 12.4 Å². The number of carbonyl (C=O) groups excluding carboxylic acids is 1. The number of pyridine rings is 1. The number of nitrogens with one attached hydrogen (secondary N) is 2. The standard InChI is InChI=1S/C14H13ClFN3O/c1-17-13-12(16)11(6-7-18-13)14(20)19-8-9-2-4-10(15)5-3-9/h2-7H,8H2,1H3,(H,17,18)(H,19,20). The molecule has 0 atom stereocenters. The van der Waals surface area contributed by atoms with Gasteiger partial charge in [-0.3, -0.25) is 4.79 Å². The molecule has 1 aromatic carbocycles. The molecule has 0 bridgehead atoms. The fourth-order valence-corrected chi connectivity index (χ4v) is 1.80. The molecule has 0 fully saturated rings. The number of anilines is 1. The zero-order chi connectivity index (χ0) is 14.5. The van der Waals surface area contributed by atoms with E-state index in [2.05, 4.69) is 15.6 Å². The van der Waals surface area contributed by atoms with Crippen LogP contribution in [0.3, 0.4) is 0 Å². The Morgan fingerprint density at radius 1 is 1.30 bits per heavy atom. The van der Waals surface area contributed by atoms with Crippen LogP contribution in [0.1, 0.15) is 15.9 Å². The van der Waals surface area contributed by atoms with Crippen LogP contribution in [0.4, 0.5) is 10.2 Å². The third-order valence-electron chi connectivity index (χ3n) is 2.74. The van der Waals surface area contributed by atoms with Crippen LogP contribution in [0.2, 0.25) is 5.02 Å². The number of rotatable bonds is 4. The summed E-state index contributed by atoms with van der Waals surface area (Å²) in [6.07, 6.45) is 1.38. The number of benzene rings is 1. The molecule has 104 valence electrons. The quantitative estimate of drug-likeness (QED) is 0.911. The number of aromatic nitrogens is 1. The third-order valence-corrected chi connectivity index (χ3v) is 2.99. The number of amides is 1. The lowest BCUT2D eigenvalue weighted by Crippen LogP contribution is -2.24. The second kappa shape index (κ2) is 6.34. The van der Waals surface area contributed by atoms with Crippen molar-refractivity contribution in [1.29, 1.82) is 0 Å². The van der Waals surface area contributed by atoms with Crippen molar-refractivity contribution in [3.05, 3.63) is 58.5 Å². The molecule has 4 nitrogen and oxygen atoms in total. The average Bonchev–Trinajstić information content (AvgIpc) is 2.46. The highest BCUT2D eigenvalue weighted by molar-refractivity contribution is 6.30. The Bertz CT molecular complexity index is 616. The highest BCUT2D eigenvalue weighted by atomic mass is 35.5. The lowest BCUT2D eigenvalue weighted by molar-refractivity contribution is 0.0947. The summed E-state index contributed by atoms with van der Waals surface area (Å²) in [4.78, 5) is 15.7. The van der Waals surface area contributed by atoms with Gasteiger partial charge < -0.3 is 10.6 Å². The monoisotopic (exact) mass is 293 g/mol. The minimum absolute atomic E-state index is 0.0432. The van der Waals surface area contributed by atoms with E-state index >= 15 is 0 Å². The second-order valence-electron chi connectivity index (χ2n) is 4.08. The molecule has 2 aromatic rings. The van der Waals surface area contributed by atoms with Gasteiger partial charge in [-0.25, -0.2) is 9.37 Å². The molecule has 0 unspecified atom stereocenters. The van der Waals surface area contributed by atoms with Crippen LogP contribution in [0, 0.1) is 5.82 Å². The first kappa shape index (κ1) is 14.3. The molecule has 6 heteroatoms. The van der Waals surface area contributed by atoms with E-state index in [0.717, 1.165) is 5.56 Å². The lowest BCUT2D eigenvalue weighted by atomic mass is 10.2. The van der Waals surface area contributed by atoms with Gasteiger partial charge in [0.15, 0.2) is 11.6 Å². The Kier molecular flexibility index (Phi) is 4.53. The molecule has 1 amide bonds. The molecular formula is C14H13ClFN3O. The first-order valence-electron chi connectivity index (χ1n) is 5.96. The van der Waals surface area contributed by atoms with Crippen LogP contribution in [0.15, 0.2) is 36.5 Å². The van der Waals surface area contributed by atoms with Gasteiger partial charge in [0.25, 0.3) is 5.91 Å². The van der Waals surface area contributed by atoms with Crippen LogP contribution in [-0.4, -0.2) is 17.9 Å². The Morgan fingerprint density at radius 2 is 2.00 bits per heavy atom. The van der Waals surface area contributed by atoms with Crippen molar-refractivity contribution < 1.29 is 9.18 Å². The van der Waals surface area contributed by atoms with E-state index in [-0.39, 0.29) is 11.4 Å². The molecule has 0 saturated carbocycles. The summed E-state index contributed by atoms with van der Waals surface area (Å²) in [6, 6.07) is 8.40. The van der Waals surface area contributed by atoms with Gasteiger partial charge in [-0.05, 0) is 23.8 Å². The average molecular weight is 294 g/mol. The van der Waals surface area contributed by atoms with E-state index in [1.165, 1.54) is 12.3 Å². The van der Waals surface area contributed by atoms with Crippen molar-refractivity contribution in [2.45, 2.75) is 6.54 Å². The van der Waals surface area contributed by atoms with E-state index in [4.69, 9.17) is 11.6 Å². The fraction of sp³-hybridized carbons (Fsp3) is 0.143.